The van der Waals surface area contributed by atoms with Crippen molar-refractivity contribution in [1.82, 2.24) is 15.2 Å². The molecule has 0 aliphatic carbocycles. The molecule has 1 heterocycles. The minimum atomic E-state index is -1.03. The van der Waals surface area contributed by atoms with E-state index >= 15 is 0 Å². The zero-order valence-corrected chi connectivity index (χ0v) is 13.9. The second kappa shape index (κ2) is 8.12. The maximum Gasteiger partial charge on any atom is 0.251 e. The summed E-state index contributed by atoms with van der Waals surface area (Å²) in [5, 5.41) is 5.41. The third-order valence-electron chi connectivity index (χ3n) is 3.46. The largest absolute Gasteiger partial charge is 0.346 e. The van der Waals surface area contributed by atoms with Gasteiger partial charge in [0.15, 0.2) is 11.6 Å². The highest BCUT2D eigenvalue weighted by Crippen LogP contribution is 2.13. The zero-order chi connectivity index (χ0) is 16.8. The summed E-state index contributed by atoms with van der Waals surface area (Å²) in [5.41, 5.74) is 1.06. The van der Waals surface area contributed by atoms with Crippen LogP contribution in [-0.2, 0) is 13.1 Å². The molecule has 1 N–H and O–H groups in total. The Kier molecular flexibility index (Phi) is 6.18. The van der Waals surface area contributed by atoms with Gasteiger partial charge in [-0.15, -0.1) is 11.3 Å². The van der Waals surface area contributed by atoms with Crippen LogP contribution < -0.4 is 5.32 Å². The van der Waals surface area contributed by atoms with Gasteiger partial charge >= 0.3 is 0 Å². The Morgan fingerprint density at radius 2 is 2.00 bits per heavy atom. The van der Waals surface area contributed by atoms with E-state index in [2.05, 4.69) is 29.0 Å². The first-order valence-corrected chi connectivity index (χ1v) is 8.30. The van der Waals surface area contributed by atoms with Crippen molar-refractivity contribution in [3.63, 3.8) is 0 Å². The Balaban J connectivity index is 1.91. The van der Waals surface area contributed by atoms with Crippen LogP contribution in [0, 0.1) is 11.6 Å². The van der Waals surface area contributed by atoms with Crippen molar-refractivity contribution >= 4 is 17.2 Å². The summed E-state index contributed by atoms with van der Waals surface area (Å²) < 4.78 is 26.0. The zero-order valence-electron chi connectivity index (χ0n) is 13.1. The van der Waals surface area contributed by atoms with Gasteiger partial charge in [-0.25, -0.2) is 13.8 Å². The summed E-state index contributed by atoms with van der Waals surface area (Å²) in [6, 6.07) is 3.08. The third kappa shape index (κ3) is 4.80. The Labute approximate surface area is 138 Å². The van der Waals surface area contributed by atoms with Crippen LogP contribution in [0.3, 0.4) is 0 Å². The standard InChI is InChI=1S/C16H19F2N3OS/c1-3-21(4-2)9-12-10-23-15(20-12)8-19-16(22)11-5-6-13(17)14(18)7-11/h5-7,10H,3-4,8-9H2,1-2H3,(H,19,22). The van der Waals surface area contributed by atoms with Crippen molar-refractivity contribution in [2.45, 2.75) is 26.9 Å². The number of benzene rings is 1. The Bertz CT molecular complexity index is 671. The number of halogens is 2. The Hall–Kier alpha value is -1.86. The molecule has 0 saturated heterocycles. The third-order valence-corrected chi connectivity index (χ3v) is 4.36. The van der Waals surface area contributed by atoms with Gasteiger partial charge in [-0.05, 0) is 31.3 Å². The molecule has 0 aliphatic rings. The minimum absolute atomic E-state index is 0.0869. The number of rotatable bonds is 7. The van der Waals surface area contributed by atoms with E-state index in [4.69, 9.17) is 0 Å². The van der Waals surface area contributed by atoms with Crippen molar-refractivity contribution in [2.24, 2.45) is 0 Å². The van der Waals surface area contributed by atoms with E-state index in [-0.39, 0.29) is 12.1 Å². The van der Waals surface area contributed by atoms with Crippen LogP contribution in [0.4, 0.5) is 8.78 Å². The van der Waals surface area contributed by atoms with E-state index in [1.54, 1.807) is 0 Å². The normalized spacial score (nSPS) is 11.0. The highest BCUT2D eigenvalue weighted by atomic mass is 32.1. The SMILES string of the molecule is CCN(CC)Cc1csc(CNC(=O)c2ccc(F)c(F)c2)n1. The lowest BCUT2D eigenvalue weighted by atomic mass is 10.2. The number of thiazole rings is 1. The summed E-state index contributed by atoms with van der Waals surface area (Å²) >= 11 is 1.47. The number of aromatic nitrogens is 1. The van der Waals surface area contributed by atoms with Crippen LogP contribution in [0.2, 0.25) is 0 Å². The Morgan fingerprint density at radius 1 is 1.26 bits per heavy atom. The molecule has 0 fully saturated rings. The molecule has 0 spiro atoms. The van der Waals surface area contributed by atoms with Gasteiger partial charge in [0.05, 0.1) is 12.2 Å². The van der Waals surface area contributed by atoms with Crippen molar-refractivity contribution in [1.29, 1.82) is 0 Å². The highest BCUT2D eigenvalue weighted by molar-refractivity contribution is 7.09. The first kappa shape index (κ1) is 17.5. The molecule has 1 aromatic carbocycles. The van der Waals surface area contributed by atoms with E-state index in [1.165, 1.54) is 17.4 Å². The molecule has 1 amide bonds. The maximum absolute atomic E-state index is 13.1. The van der Waals surface area contributed by atoms with Gasteiger partial charge in [-0.1, -0.05) is 13.8 Å². The number of carbonyl (C=O) groups is 1. The van der Waals surface area contributed by atoms with Crippen LogP contribution in [0.5, 0.6) is 0 Å². The van der Waals surface area contributed by atoms with E-state index in [0.717, 1.165) is 42.5 Å². The highest BCUT2D eigenvalue weighted by Gasteiger charge is 2.11. The first-order chi connectivity index (χ1) is 11.0. The van der Waals surface area contributed by atoms with Crippen molar-refractivity contribution in [3.8, 4) is 0 Å². The molecule has 0 radical (unpaired) electrons. The average molecular weight is 339 g/mol. The fourth-order valence-electron chi connectivity index (χ4n) is 2.07. The summed E-state index contributed by atoms with van der Waals surface area (Å²) in [6.07, 6.45) is 0. The fourth-order valence-corrected chi connectivity index (χ4v) is 2.80. The van der Waals surface area contributed by atoms with Crippen LogP contribution in [0.1, 0.15) is 34.9 Å². The lowest BCUT2D eigenvalue weighted by Gasteiger charge is -2.15. The molecule has 0 saturated carbocycles. The van der Waals surface area contributed by atoms with Crippen molar-refractivity contribution in [3.05, 3.63) is 51.5 Å². The molecule has 0 atom stereocenters. The lowest BCUT2D eigenvalue weighted by molar-refractivity contribution is 0.0950. The number of carbonyl (C=O) groups excluding carboxylic acids is 1. The molecule has 4 nitrogen and oxygen atoms in total. The molecule has 2 rings (SSSR count). The summed E-state index contributed by atoms with van der Waals surface area (Å²) in [5.74, 6) is -2.46. The molecule has 0 unspecified atom stereocenters. The van der Waals surface area contributed by atoms with Crippen molar-refractivity contribution < 1.29 is 13.6 Å². The topological polar surface area (TPSA) is 45.2 Å². The van der Waals surface area contributed by atoms with Crippen LogP contribution in [0.15, 0.2) is 23.6 Å². The average Bonchev–Trinajstić information content (AvgIpc) is 3.00. The predicted octanol–water partition coefficient (Wildman–Crippen LogP) is 3.19. The number of amides is 1. The molecule has 7 heteroatoms. The van der Waals surface area contributed by atoms with E-state index in [1.807, 2.05) is 5.38 Å². The molecule has 23 heavy (non-hydrogen) atoms. The smallest absolute Gasteiger partial charge is 0.251 e. The predicted molar refractivity (Wildman–Crippen MR) is 86.3 cm³/mol. The number of hydrogen-bond donors (Lipinski definition) is 1. The molecule has 0 bridgehead atoms. The van der Waals surface area contributed by atoms with Crippen molar-refractivity contribution in [2.75, 3.05) is 13.1 Å². The van der Waals surface area contributed by atoms with E-state index < -0.39 is 17.5 Å². The van der Waals surface area contributed by atoms with Crippen LogP contribution >= 0.6 is 11.3 Å². The van der Waals surface area contributed by atoms with Gasteiger partial charge in [0, 0.05) is 17.5 Å². The van der Waals surface area contributed by atoms with Gasteiger partial charge in [0.2, 0.25) is 0 Å². The molecular weight excluding hydrogens is 320 g/mol. The van der Waals surface area contributed by atoms with Crippen LogP contribution in [0.25, 0.3) is 0 Å². The monoisotopic (exact) mass is 339 g/mol. The van der Waals surface area contributed by atoms with Gasteiger partial charge in [0.1, 0.15) is 5.01 Å². The summed E-state index contributed by atoms with van der Waals surface area (Å²) in [6.45, 7) is 7.14. The number of nitrogens with one attached hydrogen (secondary N) is 1. The summed E-state index contributed by atoms with van der Waals surface area (Å²) in [7, 11) is 0. The number of nitrogens with zero attached hydrogens (tertiary/aromatic N) is 2. The fraction of sp³-hybridized carbons (Fsp3) is 0.375. The minimum Gasteiger partial charge on any atom is -0.346 e. The van der Waals surface area contributed by atoms with E-state index in [0.29, 0.717) is 0 Å². The van der Waals surface area contributed by atoms with E-state index in [9.17, 15) is 13.6 Å². The van der Waals surface area contributed by atoms with Gasteiger partial charge < -0.3 is 5.32 Å². The van der Waals surface area contributed by atoms with Gasteiger partial charge in [0.25, 0.3) is 5.91 Å². The van der Waals surface area contributed by atoms with Crippen LogP contribution in [-0.4, -0.2) is 28.9 Å². The summed E-state index contributed by atoms with van der Waals surface area (Å²) in [4.78, 5) is 18.6. The number of hydrogen-bond acceptors (Lipinski definition) is 4. The molecule has 0 aliphatic heterocycles. The van der Waals surface area contributed by atoms with Gasteiger partial charge in [-0.3, -0.25) is 9.69 Å². The Morgan fingerprint density at radius 3 is 2.65 bits per heavy atom. The molecule has 2 aromatic rings. The quantitative estimate of drug-likeness (QED) is 0.843. The van der Waals surface area contributed by atoms with Gasteiger partial charge in [-0.2, -0.15) is 0 Å². The second-order valence-corrected chi connectivity index (χ2v) is 5.95. The molecule has 124 valence electrons. The first-order valence-electron chi connectivity index (χ1n) is 7.42. The molecular formula is C16H19F2N3OS. The second-order valence-electron chi connectivity index (χ2n) is 5.01. The molecule has 1 aromatic heterocycles. The lowest BCUT2D eigenvalue weighted by Crippen LogP contribution is -2.23. The maximum atomic E-state index is 13.1.